The first-order valence-electron chi connectivity index (χ1n) is 14.2. The Hall–Kier alpha value is -3.57. The highest BCUT2D eigenvalue weighted by atomic mass is 35.5. The number of ether oxygens (including phenoxy) is 2. The van der Waals surface area contributed by atoms with Gasteiger partial charge in [-0.2, -0.15) is 0 Å². The van der Waals surface area contributed by atoms with Gasteiger partial charge in [-0.05, 0) is 49.4 Å². The maximum atomic E-state index is 15.2. The molecule has 3 aromatic rings. The number of amides is 2. The van der Waals surface area contributed by atoms with Crippen molar-refractivity contribution in [3.63, 3.8) is 0 Å². The zero-order chi connectivity index (χ0) is 30.9. The van der Waals surface area contributed by atoms with Gasteiger partial charge in [0, 0.05) is 30.6 Å². The number of fused-ring (bicyclic) bond motifs is 1. The van der Waals surface area contributed by atoms with Gasteiger partial charge in [-0.15, -0.1) is 0 Å². The summed E-state index contributed by atoms with van der Waals surface area (Å²) in [5.74, 6) is -5.52. The number of carbonyl (C=O) groups excluding carboxylic acids is 3. The summed E-state index contributed by atoms with van der Waals surface area (Å²) in [6.07, 6.45) is 2.75. The molecule has 1 atom stereocenters. The standard InChI is InChI=1S/C31H33ClF3N3O5/c1-37-15-23(22-5-3-4-6-27(22)37)29(40)36-26-13-25(33)19(11-24(26)32)12-28(39)38-17-31(34,35)14-20(38)16-43-21-9-7-18(8-10-21)30(41)42-2/h3-6,11,13,15,18,20-21H,7-10,12,14,16-17H2,1-2H3,(H,36,40)/t18?,20-,21?/m0/s1. The number of aryl methyl sites for hydroxylation is 1. The molecule has 5 rings (SSSR count). The van der Waals surface area contributed by atoms with E-state index >= 15 is 4.39 Å². The maximum absolute atomic E-state index is 15.2. The third kappa shape index (κ3) is 6.83. The van der Waals surface area contributed by atoms with Crippen molar-refractivity contribution in [2.75, 3.05) is 25.6 Å². The maximum Gasteiger partial charge on any atom is 0.308 e. The number of hydrogen-bond acceptors (Lipinski definition) is 5. The van der Waals surface area contributed by atoms with Crippen LogP contribution >= 0.6 is 11.6 Å². The molecule has 1 N–H and O–H groups in total. The zero-order valence-corrected chi connectivity index (χ0v) is 24.6. The van der Waals surface area contributed by atoms with E-state index in [1.165, 1.54) is 13.2 Å². The molecule has 2 aliphatic rings. The molecule has 0 unspecified atom stereocenters. The Bertz CT molecular complexity index is 1540. The minimum Gasteiger partial charge on any atom is -0.469 e. The van der Waals surface area contributed by atoms with Crippen molar-refractivity contribution in [2.24, 2.45) is 13.0 Å². The second-order valence-electron chi connectivity index (χ2n) is 11.3. The molecule has 2 aromatic carbocycles. The SMILES string of the molecule is COC(=O)C1CCC(OC[C@@H]2CC(F)(F)CN2C(=O)Cc2cc(Cl)c(NC(=O)c3cn(C)c4ccccc34)cc2F)CC1. The predicted molar refractivity (Wildman–Crippen MR) is 155 cm³/mol. The van der Waals surface area contributed by atoms with Gasteiger partial charge in [0.1, 0.15) is 5.82 Å². The predicted octanol–water partition coefficient (Wildman–Crippen LogP) is 5.75. The van der Waals surface area contributed by atoms with E-state index in [1.807, 2.05) is 25.2 Å². The number of esters is 1. The summed E-state index contributed by atoms with van der Waals surface area (Å²) in [7, 11) is 3.15. The van der Waals surface area contributed by atoms with E-state index in [-0.39, 0.29) is 40.9 Å². The lowest BCUT2D eigenvalue weighted by Crippen LogP contribution is -2.41. The summed E-state index contributed by atoms with van der Waals surface area (Å²) in [6.45, 7) is -0.874. The molecule has 1 aliphatic heterocycles. The van der Waals surface area contributed by atoms with Crippen molar-refractivity contribution < 1.29 is 37.0 Å². The van der Waals surface area contributed by atoms with Crippen molar-refractivity contribution in [2.45, 2.75) is 56.6 Å². The molecule has 1 saturated heterocycles. The van der Waals surface area contributed by atoms with Crippen LogP contribution in [0.25, 0.3) is 10.9 Å². The Morgan fingerprint density at radius 2 is 1.84 bits per heavy atom. The number of nitrogens with zero attached hydrogens (tertiary/aromatic N) is 2. The van der Waals surface area contributed by atoms with Crippen LogP contribution in [0.3, 0.4) is 0 Å². The van der Waals surface area contributed by atoms with Crippen LogP contribution in [0.1, 0.15) is 48.0 Å². The van der Waals surface area contributed by atoms with Gasteiger partial charge in [0.05, 0.1) is 61.0 Å². The highest BCUT2D eigenvalue weighted by Crippen LogP contribution is 2.35. The van der Waals surface area contributed by atoms with E-state index in [0.717, 1.165) is 21.9 Å². The Kier molecular flexibility index (Phi) is 9.03. The van der Waals surface area contributed by atoms with E-state index in [0.29, 0.717) is 31.2 Å². The van der Waals surface area contributed by atoms with Crippen LogP contribution in [-0.2, 0) is 32.5 Å². The molecule has 1 aromatic heterocycles. The Morgan fingerprint density at radius 1 is 1.12 bits per heavy atom. The summed E-state index contributed by atoms with van der Waals surface area (Å²) < 4.78 is 56.5. The van der Waals surface area contributed by atoms with Gasteiger partial charge < -0.3 is 24.3 Å². The van der Waals surface area contributed by atoms with Crippen molar-refractivity contribution in [3.05, 3.63) is 64.6 Å². The smallest absolute Gasteiger partial charge is 0.308 e. The third-order valence-corrected chi connectivity index (χ3v) is 8.61. The van der Waals surface area contributed by atoms with Gasteiger partial charge >= 0.3 is 5.97 Å². The lowest BCUT2D eigenvalue weighted by Gasteiger charge is -2.30. The Balaban J connectivity index is 1.22. The van der Waals surface area contributed by atoms with Crippen molar-refractivity contribution in [3.8, 4) is 0 Å². The lowest BCUT2D eigenvalue weighted by atomic mass is 9.87. The third-order valence-electron chi connectivity index (χ3n) is 8.30. The molecule has 8 nitrogen and oxygen atoms in total. The molecule has 12 heteroatoms. The molecule has 0 bridgehead atoms. The normalized spacial score (nSPS) is 21.6. The minimum atomic E-state index is -3.10. The van der Waals surface area contributed by atoms with Crippen LogP contribution in [0.5, 0.6) is 0 Å². The summed E-state index contributed by atoms with van der Waals surface area (Å²) >= 11 is 6.37. The van der Waals surface area contributed by atoms with Crippen LogP contribution in [0, 0.1) is 11.7 Å². The molecule has 230 valence electrons. The molecule has 0 radical (unpaired) electrons. The molecule has 0 spiro atoms. The zero-order valence-electron chi connectivity index (χ0n) is 23.9. The number of carbonyl (C=O) groups is 3. The number of rotatable bonds is 8. The summed E-state index contributed by atoms with van der Waals surface area (Å²) in [4.78, 5) is 39.0. The quantitative estimate of drug-likeness (QED) is 0.324. The van der Waals surface area contributed by atoms with E-state index in [9.17, 15) is 23.2 Å². The largest absolute Gasteiger partial charge is 0.469 e. The molecule has 1 aliphatic carbocycles. The monoisotopic (exact) mass is 619 g/mol. The number of nitrogens with one attached hydrogen (secondary N) is 1. The van der Waals surface area contributed by atoms with E-state index in [1.54, 1.807) is 16.8 Å². The van der Waals surface area contributed by atoms with E-state index in [4.69, 9.17) is 21.1 Å². The van der Waals surface area contributed by atoms with Gasteiger partial charge in [-0.1, -0.05) is 29.8 Å². The van der Waals surface area contributed by atoms with Crippen LogP contribution in [0.2, 0.25) is 5.02 Å². The van der Waals surface area contributed by atoms with Crippen molar-refractivity contribution in [1.82, 2.24) is 9.47 Å². The second kappa shape index (κ2) is 12.6. The highest BCUT2D eigenvalue weighted by molar-refractivity contribution is 6.34. The number of para-hydroxylation sites is 1. The highest BCUT2D eigenvalue weighted by Gasteiger charge is 2.47. The summed E-state index contributed by atoms with van der Waals surface area (Å²) in [5.41, 5.74) is 1.18. The van der Waals surface area contributed by atoms with Crippen molar-refractivity contribution >= 4 is 46.0 Å². The van der Waals surface area contributed by atoms with Crippen LogP contribution < -0.4 is 5.32 Å². The number of hydrogen-bond donors (Lipinski definition) is 1. The number of alkyl halides is 2. The topological polar surface area (TPSA) is 89.9 Å². The number of benzene rings is 2. The Morgan fingerprint density at radius 3 is 2.56 bits per heavy atom. The molecule has 43 heavy (non-hydrogen) atoms. The molecular formula is C31H33ClF3N3O5. The second-order valence-corrected chi connectivity index (χ2v) is 11.7. The summed E-state index contributed by atoms with van der Waals surface area (Å²) in [6, 6.07) is 8.71. The van der Waals surface area contributed by atoms with Gasteiger partial charge in [-0.3, -0.25) is 14.4 Å². The van der Waals surface area contributed by atoms with Gasteiger partial charge in [-0.25, -0.2) is 13.2 Å². The number of methoxy groups -OCH3 is 1. The van der Waals surface area contributed by atoms with Crippen LogP contribution in [0.15, 0.2) is 42.6 Å². The molecule has 2 amide bonds. The minimum absolute atomic E-state index is 0.00646. The lowest BCUT2D eigenvalue weighted by molar-refractivity contribution is -0.148. The fourth-order valence-corrected chi connectivity index (χ4v) is 6.25. The first kappa shape index (κ1) is 30.9. The van der Waals surface area contributed by atoms with E-state index < -0.39 is 49.0 Å². The van der Waals surface area contributed by atoms with Crippen LogP contribution in [-0.4, -0.2) is 65.6 Å². The van der Waals surface area contributed by atoms with Gasteiger partial charge in [0.25, 0.3) is 11.8 Å². The number of anilines is 1. The Labute approximate surface area is 252 Å². The van der Waals surface area contributed by atoms with Gasteiger partial charge in [0.15, 0.2) is 0 Å². The molecule has 2 fully saturated rings. The molecule has 2 heterocycles. The average molecular weight is 620 g/mol. The number of halogens is 4. The number of likely N-dealkylation sites (tertiary alicyclic amines) is 1. The van der Waals surface area contributed by atoms with Crippen LogP contribution in [0.4, 0.5) is 18.9 Å². The van der Waals surface area contributed by atoms with Crippen molar-refractivity contribution in [1.29, 1.82) is 0 Å². The van der Waals surface area contributed by atoms with Gasteiger partial charge in [0.2, 0.25) is 5.91 Å². The number of aromatic nitrogens is 1. The first-order valence-corrected chi connectivity index (χ1v) is 14.5. The molecule has 1 saturated carbocycles. The summed E-state index contributed by atoms with van der Waals surface area (Å²) in [5, 5.41) is 3.35. The fraction of sp³-hybridized carbons (Fsp3) is 0.452. The average Bonchev–Trinajstić information content (AvgIpc) is 3.49. The van der Waals surface area contributed by atoms with E-state index in [2.05, 4.69) is 5.32 Å². The molecular weight excluding hydrogens is 587 g/mol. The fourth-order valence-electron chi connectivity index (χ4n) is 6.01. The first-order chi connectivity index (χ1) is 20.5.